The summed E-state index contributed by atoms with van der Waals surface area (Å²) >= 11 is 0. The van der Waals surface area contributed by atoms with E-state index in [1.807, 2.05) is 6.92 Å². The lowest BCUT2D eigenvalue weighted by Crippen LogP contribution is -2.58. The second-order valence-corrected chi connectivity index (χ2v) is 14.0. The minimum Gasteiger partial charge on any atom is -0.393 e. The first-order chi connectivity index (χ1) is 15.7. The summed E-state index contributed by atoms with van der Waals surface area (Å²) in [6.45, 7) is 20.1. The number of fused-ring (bicyclic) bond motifs is 5. The SMILES string of the molecule is C=C(C)C(CC[C@@H](C)[C@@H]1[C@@H](O)C[C@]2(C)C3=CC[C@H]4C(C)(C)[C@@H](O)CC[C@]4(C)[C@H]3CC[C@@]12C)OO. The van der Waals surface area contributed by atoms with E-state index < -0.39 is 0 Å². The zero-order valence-corrected chi connectivity index (χ0v) is 22.7. The first-order valence-electron chi connectivity index (χ1n) is 13.8. The van der Waals surface area contributed by atoms with Gasteiger partial charge in [0.15, 0.2) is 0 Å². The fraction of sp³-hybridized carbons (Fsp3) is 0.867. The van der Waals surface area contributed by atoms with Crippen LogP contribution in [0.15, 0.2) is 23.8 Å². The van der Waals surface area contributed by atoms with Crippen molar-refractivity contribution in [2.75, 3.05) is 0 Å². The van der Waals surface area contributed by atoms with E-state index in [-0.39, 0.29) is 45.9 Å². The standard InChI is InChI=1S/C30H50O4/c1-18(2)23(34-33)11-9-19(3)26-22(31)17-30(8)21-10-12-24-27(4,5)25(32)14-15-28(24,6)20(21)13-16-29(26,30)7/h10,19-20,22-26,31-33H,1,9,11-17H2,2-8H3/t19-,20+,22+,23?,24+,25+,26-,28-,29+,30-/m1/s1. The smallest absolute Gasteiger partial charge is 0.113 e. The Labute approximate surface area is 207 Å². The summed E-state index contributed by atoms with van der Waals surface area (Å²) < 4.78 is 0. The number of allylic oxidation sites excluding steroid dienone is 2. The lowest BCUT2D eigenvalue weighted by atomic mass is 9.41. The van der Waals surface area contributed by atoms with E-state index in [2.05, 4.69) is 59.1 Å². The van der Waals surface area contributed by atoms with Gasteiger partial charge in [0.25, 0.3) is 0 Å². The topological polar surface area (TPSA) is 69.9 Å². The van der Waals surface area contributed by atoms with Crippen molar-refractivity contribution >= 4 is 0 Å². The molecular weight excluding hydrogens is 424 g/mol. The molecule has 3 fully saturated rings. The van der Waals surface area contributed by atoms with Crippen molar-refractivity contribution in [1.29, 1.82) is 0 Å². The van der Waals surface area contributed by atoms with Gasteiger partial charge in [0.1, 0.15) is 6.10 Å². The van der Waals surface area contributed by atoms with Crippen molar-refractivity contribution in [1.82, 2.24) is 0 Å². The molecule has 0 heterocycles. The van der Waals surface area contributed by atoms with Crippen LogP contribution >= 0.6 is 0 Å². The van der Waals surface area contributed by atoms with Crippen LogP contribution in [0.3, 0.4) is 0 Å². The van der Waals surface area contributed by atoms with Crippen LogP contribution in [0.5, 0.6) is 0 Å². The van der Waals surface area contributed by atoms with Gasteiger partial charge in [-0.3, -0.25) is 5.26 Å². The van der Waals surface area contributed by atoms with Crippen LogP contribution in [0.25, 0.3) is 0 Å². The van der Waals surface area contributed by atoms with Gasteiger partial charge in [-0.15, -0.1) is 0 Å². The van der Waals surface area contributed by atoms with Crippen molar-refractivity contribution in [2.45, 2.75) is 118 Å². The van der Waals surface area contributed by atoms with Crippen molar-refractivity contribution < 1.29 is 20.4 Å². The Morgan fingerprint density at radius 1 is 1.12 bits per heavy atom. The van der Waals surface area contributed by atoms with Gasteiger partial charge in [0.05, 0.1) is 12.2 Å². The lowest BCUT2D eigenvalue weighted by Gasteiger charge is -2.64. The molecule has 0 aromatic carbocycles. The Bertz CT molecular complexity index is 832. The molecule has 4 nitrogen and oxygen atoms in total. The van der Waals surface area contributed by atoms with Gasteiger partial charge in [-0.2, -0.15) is 0 Å². The molecule has 3 saturated carbocycles. The maximum Gasteiger partial charge on any atom is 0.113 e. The highest BCUT2D eigenvalue weighted by Crippen LogP contribution is 2.73. The quantitative estimate of drug-likeness (QED) is 0.226. The van der Waals surface area contributed by atoms with Crippen molar-refractivity contribution in [3.05, 3.63) is 23.8 Å². The first-order valence-corrected chi connectivity index (χ1v) is 13.8. The summed E-state index contributed by atoms with van der Waals surface area (Å²) in [5.41, 5.74) is 2.67. The summed E-state index contributed by atoms with van der Waals surface area (Å²) in [5.74, 6) is 1.63. The van der Waals surface area contributed by atoms with Crippen LogP contribution in [0.1, 0.15) is 99.8 Å². The van der Waals surface area contributed by atoms with E-state index >= 15 is 0 Å². The Balaban J connectivity index is 1.63. The Hall–Kier alpha value is -0.680. The highest BCUT2D eigenvalue weighted by molar-refractivity contribution is 5.34. The van der Waals surface area contributed by atoms with Gasteiger partial charge in [-0.1, -0.05) is 59.8 Å². The molecule has 0 radical (unpaired) electrons. The molecule has 10 atom stereocenters. The van der Waals surface area contributed by atoms with Gasteiger partial charge in [-0.25, -0.2) is 4.89 Å². The Morgan fingerprint density at radius 3 is 2.41 bits per heavy atom. The molecule has 34 heavy (non-hydrogen) atoms. The minimum absolute atomic E-state index is 0.00365. The molecule has 0 spiro atoms. The zero-order valence-electron chi connectivity index (χ0n) is 22.7. The second-order valence-electron chi connectivity index (χ2n) is 14.0. The van der Waals surface area contributed by atoms with Crippen LogP contribution in [-0.2, 0) is 4.89 Å². The molecule has 194 valence electrons. The van der Waals surface area contributed by atoms with E-state index in [9.17, 15) is 15.5 Å². The van der Waals surface area contributed by atoms with Crippen LogP contribution in [0, 0.1) is 45.3 Å². The molecule has 0 aromatic heterocycles. The summed E-state index contributed by atoms with van der Waals surface area (Å²) in [7, 11) is 0. The zero-order chi connectivity index (χ0) is 25.3. The van der Waals surface area contributed by atoms with Crippen LogP contribution in [0.4, 0.5) is 0 Å². The van der Waals surface area contributed by atoms with Gasteiger partial charge >= 0.3 is 0 Å². The fourth-order valence-corrected chi connectivity index (χ4v) is 9.80. The molecule has 0 aliphatic heterocycles. The molecule has 0 saturated heterocycles. The molecule has 0 aromatic rings. The fourth-order valence-electron chi connectivity index (χ4n) is 9.80. The summed E-state index contributed by atoms with van der Waals surface area (Å²) in [6.07, 6.45) is 9.53. The minimum atomic E-state index is -0.334. The number of aliphatic hydroxyl groups excluding tert-OH is 2. The van der Waals surface area contributed by atoms with E-state index in [0.29, 0.717) is 17.8 Å². The summed E-state index contributed by atoms with van der Waals surface area (Å²) in [5, 5.41) is 31.6. The largest absolute Gasteiger partial charge is 0.393 e. The van der Waals surface area contributed by atoms with Gasteiger partial charge in [0.2, 0.25) is 0 Å². The molecule has 0 bridgehead atoms. The van der Waals surface area contributed by atoms with E-state index in [1.54, 1.807) is 5.57 Å². The lowest BCUT2D eigenvalue weighted by molar-refractivity contribution is -0.270. The summed E-state index contributed by atoms with van der Waals surface area (Å²) in [4.78, 5) is 4.67. The van der Waals surface area contributed by atoms with Gasteiger partial charge in [0, 0.05) is 0 Å². The molecular formula is C30H50O4. The molecule has 4 rings (SSSR count). The number of hydrogen-bond acceptors (Lipinski definition) is 4. The number of hydrogen-bond donors (Lipinski definition) is 3. The predicted molar refractivity (Wildman–Crippen MR) is 137 cm³/mol. The van der Waals surface area contributed by atoms with Gasteiger partial charge in [-0.05, 0) is 109 Å². The third kappa shape index (κ3) is 3.61. The van der Waals surface area contributed by atoms with Crippen molar-refractivity contribution in [3.8, 4) is 0 Å². The number of aliphatic hydroxyl groups is 2. The highest BCUT2D eigenvalue weighted by atomic mass is 17.1. The van der Waals surface area contributed by atoms with Crippen LogP contribution in [-0.4, -0.2) is 33.8 Å². The predicted octanol–water partition coefficient (Wildman–Crippen LogP) is 6.77. The van der Waals surface area contributed by atoms with E-state index in [0.717, 1.165) is 50.5 Å². The Kier molecular flexibility index (Phi) is 6.76. The molecule has 3 N–H and O–H groups in total. The molecule has 0 amide bonds. The van der Waals surface area contributed by atoms with E-state index in [1.165, 1.54) is 6.42 Å². The average molecular weight is 475 g/mol. The summed E-state index contributed by atoms with van der Waals surface area (Å²) in [6, 6.07) is 0. The second kappa shape index (κ2) is 8.71. The molecule has 4 aliphatic rings. The molecule has 1 unspecified atom stereocenters. The van der Waals surface area contributed by atoms with Gasteiger partial charge < -0.3 is 10.2 Å². The van der Waals surface area contributed by atoms with Crippen molar-refractivity contribution in [3.63, 3.8) is 0 Å². The third-order valence-electron chi connectivity index (χ3n) is 12.0. The maximum absolute atomic E-state index is 11.5. The maximum atomic E-state index is 11.5. The van der Waals surface area contributed by atoms with Crippen LogP contribution < -0.4 is 0 Å². The highest BCUT2D eigenvalue weighted by Gasteiger charge is 2.67. The third-order valence-corrected chi connectivity index (χ3v) is 12.0. The molecule has 4 heteroatoms. The average Bonchev–Trinajstić information content (AvgIpc) is 2.96. The Morgan fingerprint density at radius 2 is 1.79 bits per heavy atom. The normalized spacial score (nSPS) is 47.1. The monoisotopic (exact) mass is 474 g/mol. The first kappa shape index (κ1) is 26.4. The molecule has 4 aliphatic carbocycles. The van der Waals surface area contributed by atoms with Crippen molar-refractivity contribution in [2.24, 2.45) is 45.3 Å². The van der Waals surface area contributed by atoms with Crippen LogP contribution in [0.2, 0.25) is 0 Å². The number of rotatable bonds is 6. The van der Waals surface area contributed by atoms with E-state index in [4.69, 9.17) is 0 Å².